The summed E-state index contributed by atoms with van der Waals surface area (Å²) < 4.78 is 0. The molecule has 0 aliphatic carbocycles. The number of carboxylic acids is 1. The van der Waals surface area contributed by atoms with Crippen LogP contribution in [0.15, 0.2) is 17.5 Å². The first-order valence-corrected chi connectivity index (χ1v) is 7.57. The summed E-state index contributed by atoms with van der Waals surface area (Å²) >= 11 is 1.62. The number of rotatable bonds is 3. The number of thiophene rings is 1. The lowest BCUT2D eigenvalue weighted by atomic mass is 9.99. The number of hydrogen-bond acceptors (Lipinski definition) is 3. The molecule has 3 atom stereocenters. The van der Waals surface area contributed by atoms with Gasteiger partial charge in [-0.25, -0.2) is 4.79 Å². The number of hydrogen-bond donors (Lipinski definition) is 1. The van der Waals surface area contributed by atoms with Gasteiger partial charge in [0.25, 0.3) is 0 Å². The van der Waals surface area contributed by atoms with Crippen molar-refractivity contribution in [2.24, 2.45) is 11.8 Å². The molecule has 0 saturated carbocycles. The summed E-state index contributed by atoms with van der Waals surface area (Å²) in [5, 5.41) is 11.1. The van der Waals surface area contributed by atoms with Gasteiger partial charge in [-0.1, -0.05) is 13.0 Å². The number of nitrogens with zero attached hydrogens (tertiary/aromatic N) is 2. The summed E-state index contributed by atoms with van der Waals surface area (Å²) in [6.45, 7) is 4.68. The molecular weight excluding hydrogens is 276 g/mol. The predicted molar refractivity (Wildman–Crippen MR) is 77.8 cm³/mol. The molecule has 0 bridgehead atoms. The highest BCUT2D eigenvalue weighted by molar-refractivity contribution is 7.10. The molecule has 1 aliphatic rings. The third-order valence-electron chi connectivity index (χ3n) is 4.04. The van der Waals surface area contributed by atoms with E-state index in [0.717, 1.165) is 4.88 Å². The van der Waals surface area contributed by atoms with Crippen molar-refractivity contribution in [2.75, 3.05) is 20.1 Å². The number of carbonyl (C=O) groups excluding carboxylic acids is 1. The van der Waals surface area contributed by atoms with Crippen molar-refractivity contribution < 1.29 is 14.7 Å². The summed E-state index contributed by atoms with van der Waals surface area (Å²) in [5.41, 5.74) is 0. The first kappa shape index (κ1) is 14.8. The first-order valence-electron chi connectivity index (χ1n) is 6.69. The van der Waals surface area contributed by atoms with Crippen molar-refractivity contribution in [1.29, 1.82) is 0 Å². The van der Waals surface area contributed by atoms with E-state index in [4.69, 9.17) is 5.11 Å². The molecule has 1 fully saturated rings. The third kappa shape index (κ3) is 2.80. The van der Waals surface area contributed by atoms with Crippen molar-refractivity contribution in [3.8, 4) is 0 Å². The van der Waals surface area contributed by atoms with Gasteiger partial charge in [0.2, 0.25) is 0 Å². The van der Waals surface area contributed by atoms with Gasteiger partial charge in [-0.05, 0) is 24.3 Å². The Labute approximate surface area is 122 Å². The van der Waals surface area contributed by atoms with Crippen LogP contribution in [0.5, 0.6) is 0 Å². The van der Waals surface area contributed by atoms with Crippen molar-refractivity contribution in [3.63, 3.8) is 0 Å². The fourth-order valence-corrected chi connectivity index (χ4v) is 3.38. The molecule has 1 saturated heterocycles. The fraction of sp³-hybridized carbons (Fsp3) is 0.571. The monoisotopic (exact) mass is 296 g/mol. The molecular formula is C14H20N2O3S. The summed E-state index contributed by atoms with van der Waals surface area (Å²) in [6.07, 6.45) is 0. The lowest BCUT2D eigenvalue weighted by molar-refractivity contribution is -0.142. The standard InChI is InChI=1S/C14H20N2O3S/c1-9-7-16(8-11(9)13(17)18)14(19)15(3)10(2)12-5-4-6-20-12/h4-6,9-11H,7-8H2,1-3H3,(H,17,18). The number of aliphatic carboxylic acids is 1. The van der Waals surface area contributed by atoms with Crippen LogP contribution in [0.4, 0.5) is 4.79 Å². The van der Waals surface area contributed by atoms with E-state index in [1.807, 2.05) is 31.4 Å². The number of carbonyl (C=O) groups is 2. The average Bonchev–Trinajstić information content (AvgIpc) is 3.05. The fourth-order valence-electron chi connectivity index (χ4n) is 2.55. The van der Waals surface area contributed by atoms with Gasteiger partial charge in [0, 0.05) is 25.0 Å². The average molecular weight is 296 g/mol. The SMILES string of the molecule is CC1CN(C(=O)N(C)C(C)c2cccs2)CC1C(=O)O. The Balaban J connectivity index is 2.03. The Morgan fingerprint density at radius 3 is 2.70 bits per heavy atom. The Morgan fingerprint density at radius 1 is 1.50 bits per heavy atom. The topological polar surface area (TPSA) is 60.9 Å². The maximum absolute atomic E-state index is 12.5. The van der Waals surface area contributed by atoms with Crippen LogP contribution in [0.2, 0.25) is 0 Å². The number of carboxylic acid groups (broad SMARTS) is 1. The molecule has 2 heterocycles. The summed E-state index contributed by atoms with van der Waals surface area (Å²) in [4.78, 5) is 28.0. The second-order valence-electron chi connectivity index (χ2n) is 5.41. The molecule has 20 heavy (non-hydrogen) atoms. The van der Waals surface area contributed by atoms with E-state index in [1.54, 1.807) is 28.2 Å². The Bertz CT molecular complexity index is 489. The molecule has 2 rings (SSSR count). The van der Waals surface area contributed by atoms with E-state index in [9.17, 15) is 9.59 Å². The van der Waals surface area contributed by atoms with Gasteiger partial charge in [-0.15, -0.1) is 11.3 Å². The molecule has 5 nitrogen and oxygen atoms in total. The van der Waals surface area contributed by atoms with Gasteiger partial charge in [-0.3, -0.25) is 4.79 Å². The molecule has 3 unspecified atom stereocenters. The van der Waals surface area contributed by atoms with Crippen molar-refractivity contribution in [3.05, 3.63) is 22.4 Å². The van der Waals surface area contributed by atoms with Crippen LogP contribution in [-0.4, -0.2) is 47.0 Å². The van der Waals surface area contributed by atoms with Crippen molar-refractivity contribution in [2.45, 2.75) is 19.9 Å². The van der Waals surface area contributed by atoms with Crippen LogP contribution in [0, 0.1) is 11.8 Å². The Morgan fingerprint density at radius 2 is 2.20 bits per heavy atom. The van der Waals surface area contributed by atoms with Gasteiger partial charge < -0.3 is 14.9 Å². The largest absolute Gasteiger partial charge is 0.481 e. The Kier molecular flexibility index (Phi) is 4.32. The van der Waals surface area contributed by atoms with Crippen molar-refractivity contribution in [1.82, 2.24) is 9.80 Å². The van der Waals surface area contributed by atoms with Gasteiger partial charge in [-0.2, -0.15) is 0 Å². The van der Waals surface area contributed by atoms with Gasteiger partial charge >= 0.3 is 12.0 Å². The number of amides is 2. The molecule has 1 aromatic heterocycles. The number of likely N-dealkylation sites (tertiary alicyclic amines) is 1. The van der Waals surface area contributed by atoms with E-state index >= 15 is 0 Å². The minimum Gasteiger partial charge on any atom is -0.481 e. The van der Waals surface area contributed by atoms with E-state index in [0.29, 0.717) is 13.1 Å². The van der Waals surface area contributed by atoms with E-state index in [2.05, 4.69) is 0 Å². The van der Waals surface area contributed by atoms with Gasteiger partial charge in [0.15, 0.2) is 0 Å². The summed E-state index contributed by atoms with van der Waals surface area (Å²) in [7, 11) is 1.77. The summed E-state index contributed by atoms with van der Waals surface area (Å²) in [5.74, 6) is -1.27. The van der Waals surface area contributed by atoms with Crippen molar-refractivity contribution >= 4 is 23.3 Å². The highest BCUT2D eigenvalue weighted by atomic mass is 32.1. The predicted octanol–water partition coefficient (Wildman–Crippen LogP) is 2.51. The van der Waals surface area contributed by atoms with Crippen LogP contribution in [0.3, 0.4) is 0 Å². The zero-order valence-electron chi connectivity index (χ0n) is 11.9. The smallest absolute Gasteiger partial charge is 0.320 e. The van der Waals surface area contributed by atoms with Crippen LogP contribution >= 0.6 is 11.3 Å². The molecule has 0 spiro atoms. The zero-order valence-corrected chi connectivity index (χ0v) is 12.8. The third-order valence-corrected chi connectivity index (χ3v) is 5.08. The minimum atomic E-state index is -0.818. The van der Waals surface area contributed by atoms with Gasteiger partial charge in [0.1, 0.15) is 0 Å². The highest BCUT2D eigenvalue weighted by Crippen LogP contribution is 2.28. The van der Waals surface area contributed by atoms with E-state index in [1.165, 1.54) is 0 Å². The maximum Gasteiger partial charge on any atom is 0.320 e. The second-order valence-corrected chi connectivity index (χ2v) is 6.39. The zero-order chi connectivity index (χ0) is 14.9. The van der Waals surface area contributed by atoms with Crippen LogP contribution in [0.25, 0.3) is 0 Å². The summed E-state index contributed by atoms with van der Waals surface area (Å²) in [6, 6.07) is 3.88. The molecule has 0 radical (unpaired) electrons. The quantitative estimate of drug-likeness (QED) is 0.932. The molecule has 1 aliphatic heterocycles. The maximum atomic E-state index is 12.5. The molecule has 110 valence electrons. The lowest BCUT2D eigenvalue weighted by Crippen LogP contribution is -2.41. The highest BCUT2D eigenvalue weighted by Gasteiger charge is 2.38. The van der Waals surface area contributed by atoms with E-state index < -0.39 is 11.9 Å². The first-order chi connectivity index (χ1) is 9.41. The molecule has 0 aromatic carbocycles. The van der Waals surface area contributed by atoms with Crippen LogP contribution < -0.4 is 0 Å². The molecule has 1 aromatic rings. The minimum absolute atomic E-state index is 0.00156. The molecule has 6 heteroatoms. The van der Waals surface area contributed by atoms with E-state index in [-0.39, 0.29) is 18.0 Å². The lowest BCUT2D eigenvalue weighted by Gasteiger charge is -2.29. The molecule has 2 amide bonds. The second kappa shape index (κ2) is 5.83. The Hall–Kier alpha value is -1.56. The van der Waals surface area contributed by atoms with Crippen LogP contribution in [0.1, 0.15) is 24.8 Å². The normalized spacial score (nSPS) is 23.6. The van der Waals surface area contributed by atoms with Gasteiger partial charge in [0.05, 0.1) is 12.0 Å². The molecule has 1 N–H and O–H groups in total. The van der Waals surface area contributed by atoms with Crippen LogP contribution in [-0.2, 0) is 4.79 Å². The number of urea groups is 1.